The number of benzene rings is 3. The maximum absolute atomic E-state index is 13.2. The van der Waals surface area contributed by atoms with Crippen molar-refractivity contribution < 1.29 is 8.42 Å². The molecule has 7 nitrogen and oxygen atoms in total. The van der Waals surface area contributed by atoms with E-state index in [4.69, 9.17) is 11.6 Å². The lowest BCUT2D eigenvalue weighted by Gasteiger charge is -2.10. The summed E-state index contributed by atoms with van der Waals surface area (Å²) in [6.07, 6.45) is 0. The first-order valence-corrected chi connectivity index (χ1v) is 10.9. The molecule has 2 aromatic heterocycles. The van der Waals surface area contributed by atoms with Crippen molar-refractivity contribution in [3.8, 4) is 0 Å². The van der Waals surface area contributed by atoms with Gasteiger partial charge in [0.15, 0.2) is 5.65 Å². The quantitative estimate of drug-likeness (QED) is 0.447. The molecule has 0 aliphatic carbocycles. The molecule has 0 amide bonds. The molecule has 0 saturated heterocycles. The topological polar surface area (TPSA) is 89.2 Å². The Bertz CT molecular complexity index is 1480. The van der Waals surface area contributed by atoms with Gasteiger partial charge in [0.05, 0.1) is 10.4 Å². The molecule has 148 valence electrons. The van der Waals surface area contributed by atoms with Crippen molar-refractivity contribution in [1.82, 2.24) is 19.8 Å². The Morgan fingerprint density at radius 1 is 0.867 bits per heavy atom. The van der Waals surface area contributed by atoms with Crippen LogP contribution in [0.25, 0.3) is 16.6 Å². The van der Waals surface area contributed by atoms with Crippen molar-refractivity contribution in [3.63, 3.8) is 0 Å². The first-order chi connectivity index (χ1) is 14.5. The van der Waals surface area contributed by atoms with Gasteiger partial charge in [-0.2, -0.15) is 4.52 Å². The van der Waals surface area contributed by atoms with Gasteiger partial charge in [0.1, 0.15) is 5.82 Å². The summed E-state index contributed by atoms with van der Waals surface area (Å²) in [6, 6.07) is 22.7. The van der Waals surface area contributed by atoms with Crippen LogP contribution in [-0.4, -0.2) is 28.2 Å². The van der Waals surface area contributed by atoms with Gasteiger partial charge in [-0.25, -0.2) is 13.4 Å². The van der Waals surface area contributed by atoms with Crippen LogP contribution < -0.4 is 5.32 Å². The Morgan fingerprint density at radius 2 is 1.57 bits per heavy atom. The number of halogens is 1. The van der Waals surface area contributed by atoms with Crippen molar-refractivity contribution in [2.24, 2.45) is 0 Å². The number of hydrogen-bond acceptors (Lipinski definition) is 6. The first kappa shape index (κ1) is 18.5. The Morgan fingerprint density at radius 3 is 2.33 bits per heavy atom. The lowest BCUT2D eigenvalue weighted by atomic mass is 10.2. The van der Waals surface area contributed by atoms with Gasteiger partial charge in [0.25, 0.3) is 0 Å². The predicted octanol–water partition coefficient (Wildman–Crippen LogP) is 4.51. The minimum atomic E-state index is -3.89. The number of aromatic nitrogens is 4. The van der Waals surface area contributed by atoms with E-state index in [1.54, 1.807) is 30.3 Å². The van der Waals surface area contributed by atoms with E-state index < -0.39 is 9.84 Å². The number of para-hydroxylation sites is 1. The molecule has 0 spiro atoms. The standard InChI is InChI=1S/C21H14ClN5O2S/c22-14-10-12-15(13-11-14)23-19-17-8-4-5-9-18(17)27-20(24-19)21(25-26-27)30(28,29)16-6-2-1-3-7-16/h1-13H,(H,23,24). The van der Waals surface area contributed by atoms with Crippen LogP contribution in [0.5, 0.6) is 0 Å². The van der Waals surface area contributed by atoms with E-state index in [0.717, 1.165) is 11.1 Å². The summed E-state index contributed by atoms with van der Waals surface area (Å²) >= 11 is 5.97. The zero-order valence-electron chi connectivity index (χ0n) is 15.4. The molecule has 5 aromatic rings. The van der Waals surface area contributed by atoms with Crippen LogP contribution in [0, 0.1) is 0 Å². The van der Waals surface area contributed by atoms with Gasteiger partial charge < -0.3 is 5.32 Å². The van der Waals surface area contributed by atoms with Crippen molar-refractivity contribution in [2.45, 2.75) is 9.92 Å². The molecule has 0 aliphatic rings. The Kier molecular flexibility index (Phi) is 4.38. The van der Waals surface area contributed by atoms with E-state index in [1.807, 2.05) is 36.4 Å². The van der Waals surface area contributed by atoms with Crippen molar-refractivity contribution >= 4 is 49.5 Å². The summed E-state index contributed by atoms with van der Waals surface area (Å²) in [6.45, 7) is 0. The number of hydrogen-bond donors (Lipinski definition) is 1. The molecule has 3 aromatic carbocycles. The molecule has 2 heterocycles. The van der Waals surface area contributed by atoms with Crippen LogP contribution >= 0.6 is 11.6 Å². The second-order valence-corrected chi connectivity index (χ2v) is 8.86. The third-order valence-corrected chi connectivity index (χ3v) is 6.56. The normalized spacial score (nSPS) is 11.8. The summed E-state index contributed by atoms with van der Waals surface area (Å²) in [7, 11) is -3.89. The zero-order chi connectivity index (χ0) is 20.7. The lowest BCUT2D eigenvalue weighted by Crippen LogP contribution is -2.05. The maximum Gasteiger partial charge on any atom is 0.229 e. The second-order valence-electron chi connectivity index (χ2n) is 6.56. The molecule has 0 radical (unpaired) electrons. The highest BCUT2D eigenvalue weighted by Gasteiger charge is 2.26. The fourth-order valence-electron chi connectivity index (χ4n) is 3.20. The van der Waals surface area contributed by atoms with Gasteiger partial charge in [-0.15, -0.1) is 5.10 Å². The van der Waals surface area contributed by atoms with E-state index >= 15 is 0 Å². The predicted molar refractivity (Wildman–Crippen MR) is 115 cm³/mol. The van der Waals surface area contributed by atoms with Crippen LogP contribution in [-0.2, 0) is 9.84 Å². The van der Waals surface area contributed by atoms with E-state index in [2.05, 4.69) is 20.6 Å². The summed E-state index contributed by atoms with van der Waals surface area (Å²) in [5.74, 6) is 0.493. The SMILES string of the molecule is O=S(=O)(c1ccccc1)c1nnn2c1nc(Nc1ccc(Cl)cc1)c1ccccc12. The molecule has 0 fully saturated rings. The molecular weight excluding hydrogens is 422 g/mol. The van der Waals surface area contributed by atoms with Crippen LogP contribution in [0.3, 0.4) is 0 Å². The van der Waals surface area contributed by atoms with Crippen LogP contribution in [0.15, 0.2) is 88.8 Å². The number of fused-ring (bicyclic) bond motifs is 3. The van der Waals surface area contributed by atoms with E-state index in [1.165, 1.54) is 16.6 Å². The van der Waals surface area contributed by atoms with Gasteiger partial charge in [-0.05, 0) is 48.5 Å². The molecule has 5 rings (SSSR count). The van der Waals surface area contributed by atoms with Gasteiger partial charge in [-0.1, -0.05) is 47.1 Å². The second kappa shape index (κ2) is 7.08. The molecule has 9 heteroatoms. The Hall–Kier alpha value is -3.49. The number of nitrogens with zero attached hydrogens (tertiary/aromatic N) is 4. The minimum absolute atomic E-state index is 0.134. The first-order valence-electron chi connectivity index (χ1n) is 9.01. The van der Waals surface area contributed by atoms with E-state index in [9.17, 15) is 8.42 Å². The molecule has 0 bridgehead atoms. The minimum Gasteiger partial charge on any atom is -0.340 e. The molecule has 0 saturated carbocycles. The maximum atomic E-state index is 13.2. The number of nitrogens with one attached hydrogen (secondary N) is 1. The van der Waals surface area contributed by atoms with Gasteiger partial charge in [0.2, 0.25) is 14.9 Å². The van der Waals surface area contributed by atoms with Gasteiger partial charge in [-0.3, -0.25) is 0 Å². The number of sulfone groups is 1. The summed E-state index contributed by atoms with van der Waals surface area (Å²) in [5, 5.41) is 12.5. The molecule has 1 N–H and O–H groups in total. The average Bonchev–Trinajstić information content (AvgIpc) is 3.21. The number of rotatable bonds is 4. The molecule has 0 atom stereocenters. The van der Waals surface area contributed by atoms with Gasteiger partial charge >= 0.3 is 0 Å². The molecule has 0 aliphatic heterocycles. The number of anilines is 2. The smallest absolute Gasteiger partial charge is 0.229 e. The molecule has 30 heavy (non-hydrogen) atoms. The Labute approximate surface area is 176 Å². The largest absolute Gasteiger partial charge is 0.340 e. The highest BCUT2D eigenvalue weighted by molar-refractivity contribution is 7.91. The molecule has 0 unspecified atom stereocenters. The summed E-state index contributed by atoms with van der Waals surface area (Å²) in [4.78, 5) is 4.72. The van der Waals surface area contributed by atoms with E-state index in [0.29, 0.717) is 16.4 Å². The monoisotopic (exact) mass is 435 g/mol. The van der Waals surface area contributed by atoms with Crippen LogP contribution in [0.1, 0.15) is 0 Å². The van der Waals surface area contributed by atoms with Crippen molar-refractivity contribution in [3.05, 3.63) is 83.9 Å². The average molecular weight is 436 g/mol. The summed E-state index contributed by atoms with van der Waals surface area (Å²) in [5.41, 5.74) is 1.59. The van der Waals surface area contributed by atoms with Crippen LogP contribution in [0.4, 0.5) is 11.5 Å². The highest BCUT2D eigenvalue weighted by atomic mass is 35.5. The fraction of sp³-hybridized carbons (Fsp3) is 0. The third-order valence-electron chi connectivity index (χ3n) is 4.64. The van der Waals surface area contributed by atoms with E-state index in [-0.39, 0.29) is 15.6 Å². The zero-order valence-corrected chi connectivity index (χ0v) is 17.0. The Balaban J connectivity index is 1.74. The van der Waals surface area contributed by atoms with Crippen molar-refractivity contribution in [1.29, 1.82) is 0 Å². The molecular formula is C21H14ClN5O2S. The van der Waals surface area contributed by atoms with Crippen molar-refractivity contribution in [2.75, 3.05) is 5.32 Å². The highest BCUT2D eigenvalue weighted by Crippen LogP contribution is 2.29. The van der Waals surface area contributed by atoms with Gasteiger partial charge in [0, 0.05) is 16.1 Å². The lowest BCUT2D eigenvalue weighted by molar-refractivity contribution is 0.592. The fourth-order valence-corrected chi connectivity index (χ4v) is 4.58. The summed E-state index contributed by atoms with van der Waals surface area (Å²) < 4.78 is 27.8. The van der Waals surface area contributed by atoms with Crippen LogP contribution in [0.2, 0.25) is 5.02 Å². The third kappa shape index (κ3) is 3.06.